The van der Waals surface area contributed by atoms with Crippen LogP contribution in [0.15, 0.2) is 10.9 Å². The van der Waals surface area contributed by atoms with Crippen LogP contribution in [0.3, 0.4) is 0 Å². The number of nitrogens with zero attached hydrogens (tertiary/aromatic N) is 3. The third kappa shape index (κ3) is 4.29. The van der Waals surface area contributed by atoms with E-state index in [9.17, 15) is 4.79 Å². The van der Waals surface area contributed by atoms with Crippen molar-refractivity contribution in [1.29, 1.82) is 0 Å². The third-order valence-corrected chi connectivity index (χ3v) is 3.37. The quantitative estimate of drug-likeness (QED) is 0.669. The molecule has 0 radical (unpaired) electrons. The Morgan fingerprint density at radius 1 is 1.40 bits per heavy atom. The molecule has 1 aliphatic rings. The zero-order valence-corrected chi connectivity index (χ0v) is 12.2. The lowest BCUT2D eigenvalue weighted by atomic mass is 10.3. The molecule has 0 aromatic carbocycles. The molecule has 1 saturated heterocycles. The second-order valence-electron chi connectivity index (χ2n) is 5.02. The smallest absolute Gasteiger partial charge is 0.252 e. The number of hydrogen-bond acceptors (Lipinski definition) is 6. The van der Waals surface area contributed by atoms with Gasteiger partial charge in [0.2, 0.25) is 5.95 Å². The summed E-state index contributed by atoms with van der Waals surface area (Å²) in [5.41, 5.74) is 0.663. The Morgan fingerprint density at radius 3 is 2.85 bits per heavy atom. The average molecular weight is 281 g/mol. The Labute approximate surface area is 118 Å². The molecule has 0 aliphatic carbocycles. The van der Waals surface area contributed by atoms with E-state index in [1.165, 1.54) is 0 Å². The third-order valence-electron chi connectivity index (χ3n) is 3.37. The van der Waals surface area contributed by atoms with E-state index >= 15 is 0 Å². The number of aromatic nitrogens is 2. The summed E-state index contributed by atoms with van der Waals surface area (Å²) in [5.74, 6) is 0.675. The number of hydrogen-bond donors (Lipinski definition) is 2. The van der Waals surface area contributed by atoms with Crippen LogP contribution < -0.4 is 15.8 Å². The van der Waals surface area contributed by atoms with E-state index in [0.29, 0.717) is 19.1 Å². The minimum Gasteiger partial charge on any atom is -0.383 e. The van der Waals surface area contributed by atoms with Crippen molar-refractivity contribution in [1.82, 2.24) is 20.2 Å². The molecule has 7 nitrogen and oxygen atoms in total. The summed E-state index contributed by atoms with van der Waals surface area (Å²) in [7, 11) is 3.77. The maximum Gasteiger partial charge on any atom is 0.252 e. The van der Waals surface area contributed by atoms with Crippen molar-refractivity contribution >= 4 is 5.95 Å². The Morgan fingerprint density at radius 2 is 2.15 bits per heavy atom. The second-order valence-corrected chi connectivity index (χ2v) is 5.02. The number of ether oxygens (including phenoxy) is 1. The van der Waals surface area contributed by atoms with E-state index in [0.717, 1.165) is 38.4 Å². The first kappa shape index (κ1) is 15.0. The van der Waals surface area contributed by atoms with E-state index in [2.05, 4.69) is 32.1 Å². The number of piperazine rings is 1. The summed E-state index contributed by atoms with van der Waals surface area (Å²) in [6, 6.07) is 1.54. The van der Waals surface area contributed by atoms with E-state index in [1.807, 2.05) is 0 Å². The molecule has 0 unspecified atom stereocenters. The molecule has 7 heteroatoms. The fourth-order valence-electron chi connectivity index (χ4n) is 2.14. The zero-order valence-electron chi connectivity index (χ0n) is 12.2. The van der Waals surface area contributed by atoms with Crippen molar-refractivity contribution in [2.45, 2.75) is 6.54 Å². The van der Waals surface area contributed by atoms with Gasteiger partial charge in [-0.15, -0.1) is 0 Å². The summed E-state index contributed by atoms with van der Waals surface area (Å²) in [4.78, 5) is 23.5. The van der Waals surface area contributed by atoms with Gasteiger partial charge < -0.3 is 19.9 Å². The normalized spacial score (nSPS) is 16.6. The summed E-state index contributed by atoms with van der Waals surface area (Å²) >= 11 is 0. The van der Waals surface area contributed by atoms with Crippen LogP contribution in [-0.2, 0) is 11.3 Å². The van der Waals surface area contributed by atoms with Gasteiger partial charge in [0.1, 0.15) is 0 Å². The highest BCUT2D eigenvalue weighted by atomic mass is 16.5. The Balaban J connectivity index is 1.99. The minimum atomic E-state index is -0.0996. The van der Waals surface area contributed by atoms with Gasteiger partial charge >= 0.3 is 0 Å². The number of rotatable bonds is 6. The van der Waals surface area contributed by atoms with E-state index in [4.69, 9.17) is 4.74 Å². The molecule has 0 bridgehead atoms. The van der Waals surface area contributed by atoms with Gasteiger partial charge in [0.15, 0.2) is 0 Å². The topological polar surface area (TPSA) is 73.5 Å². The van der Waals surface area contributed by atoms with Gasteiger partial charge in [-0.25, -0.2) is 4.98 Å². The molecule has 0 amide bonds. The first-order valence-corrected chi connectivity index (χ1v) is 6.92. The number of nitrogens with one attached hydrogen (secondary N) is 2. The van der Waals surface area contributed by atoms with Crippen LogP contribution >= 0.6 is 0 Å². The van der Waals surface area contributed by atoms with E-state index < -0.39 is 0 Å². The van der Waals surface area contributed by atoms with Crippen LogP contribution in [0, 0.1) is 0 Å². The first-order valence-electron chi connectivity index (χ1n) is 6.92. The summed E-state index contributed by atoms with van der Waals surface area (Å²) in [5, 5.41) is 3.20. The van der Waals surface area contributed by atoms with Gasteiger partial charge in [-0.1, -0.05) is 0 Å². The second kappa shape index (κ2) is 7.37. The molecule has 0 spiro atoms. The van der Waals surface area contributed by atoms with Crippen LogP contribution in [0.25, 0.3) is 0 Å². The van der Waals surface area contributed by atoms with Crippen molar-refractivity contribution in [3.63, 3.8) is 0 Å². The molecule has 2 rings (SSSR count). The van der Waals surface area contributed by atoms with Gasteiger partial charge in [0.25, 0.3) is 5.56 Å². The minimum absolute atomic E-state index is 0.0996. The van der Waals surface area contributed by atoms with Crippen LogP contribution in [0.2, 0.25) is 0 Å². The summed E-state index contributed by atoms with van der Waals surface area (Å²) < 4.78 is 4.97. The monoisotopic (exact) mass is 281 g/mol. The Kier molecular flexibility index (Phi) is 5.51. The predicted octanol–water partition coefficient (Wildman–Crippen LogP) is -0.742. The molecular formula is C13H23N5O2. The molecule has 1 aromatic rings. The largest absolute Gasteiger partial charge is 0.383 e. The molecular weight excluding hydrogens is 258 g/mol. The van der Waals surface area contributed by atoms with Gasteiger partial charge in [0, 0.05) is 52.4 Å². The van der Waals surface area contributed by atoms with Gasteiger partial charge in [-0.05, 0) is 7.05 Å². The van der Waals surface area contributed by atoms with Gasteiger partial charge in [0.05, 0.1) is 12.3 Å². The highest BCUT2D eigenvalue weighted by Gasteiger charge is 2.16. The molecule has 1 aromatic heterocycles. The fraction of sp³-hybridized carbons (Fsp3) is 0.692. The predicted molar refractivity (Wildman–Crippen MR) is 78.2 cm³/mol. The molecule has 20 heavy (non-hydrogen) atoms. The lowest BCUT2D eigenvalue weighted by Crippen LogP contribution is -2.45. The number of aromatic amines is 1. The number of methoxy groups -OCH3 is 1. The van der Waals surface area contributed by atoms with Gasteiger partial charge in [-0.3, -0.25) is 9.78 Å². The Bertz CT molecular complexity index is 468. The molecule has 1 fully saturated rings. The summed E-state index contributed by atoms with van der Waals surface area (Å²) in [6.45, 7) is 5.72. The number of H-pyrrole nitrogens is 1. The maximum atomic E-state index is 11.7. The Hall–Kier alpha value is -1.44. The van der Waals surface area contributed by atoms with Crippen LogP contribution in [-0.4, -0.2) is 68.4 Å². The highest BCUT2D eigenvalue weighted by molar-refractivity contribution is 5.31. The molecule has 1 aliphatic heterocycles. The van der Waals surface area contributed by atoms with Crippen LogP contribution in [0.5, 0.6) is 0 Å². The molecule has 2 heterocycles. The fourth-order valence-corrected chi connectivity index (χ4v) is 2.14. The van der Waals surface area contributed by atoms with E-state index in [-0.39, 0.29) is 5.56 Å². The summed E-state index contributed by atoms with van der Waals surface area (Å²) in [6.07, 6.45) is 0. The van der Waals surface area contributed by atoms with Crippen LogP contribution in [0.1, 0.15) is 5.69 Å². The SMILES string of the molecule is COCCNCc1cc(=O)[nH]c(N2CCN(C)CC2)n1. The maximum absolute atomic E-state index is 11.7. The molecule has 0 atom stereocenters. The lowest BCUT2D eigenvalue weighted by Gasteiger charge is -2.32. The van der Waals surface area contributed by atoms with Gasteiger partial charge in [-0.2, -0.15) is 0 Å². The molecule has 2 N–H and O–H groups in total. The van der Waals surface area contributed by atoms with Crippen molar-refractivity contribution in [2.75, 3.05) is 58.4 Å². The highest BCUT2D eigenvalue weighted by Crippen LogP contribution is 2.08. The van der Waals surface area contributed by atoms with Crippen molar-refractivity contribution in [3.8, 4) is 0 Å². The van der Waals surface area contributed by atoms with E-state index in [1.54, 1.807) is 13.2 Å². The zero-order chi connectivity index (χ0) is 14.4. The number of likely N-dealkylation sites (N-methyl/N-ethyl adjacent to an activating group) is 1. The van der Waals surface area contributed by atoms with Crippen molar-refractivity contribution in [3.05, 3.63) is 22.1 Å². The number of anilines is 1. The molecule has 0 saturated carbocycles. The lowest BCUT2D eigenvalue weighted by molar-refractivity contribution is 0.199. The van der Waals surface area contributed by atoms with Crippen molar-refractivity contribution < 1.29 is 4.74 Å². The standard InChI is InChI=1S/C13H23N5O2/c1-17-4-6-18(7-5-17)13-15-11(9-12(19)16-13)10-14-3-8-20-2/h9,14H,3-8,10H2,1-2H3,(H,15,16,19). The molecule has 112 valence electrons. The first-order chi connectivity index (χ1) is 9.69. The average Bonchev–Trinajstić information content (AvgIpc) is 2.44. The van der Waals surface area contributed by atoms with Crippen LogP contribution in [0.4, 0.5) is 5.95 Å². The van der Waals surface area contributed by atoms with Crippen molar-refractivity contribution in [2.24, 2.45) is 0 Å².